The minimum Gasteiger partial charge on any atom is -0.504 e. The lowest BCUT2D eigenvalue weighted by atomic mass is 10.2. The molecule has 5 nitrogen and oxygen atoms in total. The lowest BCUT2D eigenvalue weighted by Crippen LogP contribution is -2.03. The predicted molar refractivity (Wildman–Crippen MR) is 76.9 cm³/mol. The van der Waals surface area contributed by atoms with E-state index in [1.165, 1.54) is 12.1 Å². The van der Waals surface area contributed by atoms with Crippen molar-refractivity contribution in [2.75, 3.05) is 0 Å². The maximum atomic E-state index is 12.9. The zero-order valence-electron chi connectivity index (χ0n) is 11.1. The van der Waals surface area contributed by atoms with Gasteiger partial charge in [-0.1, -0.05) is 6.07 Å². The molecule has 112 valence electrons. The van der Waals surface area contributed by atoms with Crippen molar-refractivity contribution in [3.8, 4) is 17.6 Å². The molecule has 7 heteroatoms. The number of phenolic OH excluding ortho intramolecular Hbond substituents is 2. The van der Waals surface area contributed by atoms with Gasteiger partial charge in [0.25, 0.3) is 0 Å². The second-order valence-electron chi connectivity index (χ2n) is 4.33. The first kappa shape index (κ1) is 15.5. The summed E-state index contributed by atoms with van der Waals surface area (Å²) in [5, 5.41) is 27.7. The Hall–Kier alpha value is -2.85. The van der Waals surface area contributed by atoms with Crippen LogP contribution >= 0.6 is 0 Å². The van der Waals surface area contributed by atoms with Crippen LogP contribution in [0.3, 0.4) is 0 Å². The Labute approximate surface area is 126 Å². The molecular weight excluding hydrogens is 309 g/mol. The molecule has 0 radical (unpaired) electrons. The number of halogens is 1. The molecule has 0 aliphatic heterocycles. The lowest BCUT2D eigenvalue weighted by Gasteiger charge is -2.04. The normalized spacial score (nSPS) is 11.9. The minimum absolute atomic E-state index is 0.218. The van der Waals surface area contributed by atoms with Gasteiger partial charge in [0.05, 0.1) is 4.90 Å². The summed E-state index contributed by atoms with van der Waals surface area (Å²) in [6.45, 7) is 0. The highest BCUT2D eigenvalue weighted by molar-refractivity contribution is 7.95. The van der Waals surface area contributed by atoms with E-state index in [1.54, 1.807) is 6.07 Å². The Morgan fingerprint density at radius 2 is 1.73 bits per heavy atom. The quantitative estimate of drug-likeness (QED) is 0.515. The predicted octanol–water partition coefficient (Wildman–Crippen LogP) is 2.58. The zero-order chi connectivity index (χ0) is 16.3. The van der Waals surface area contributed by atoms with Crippen molar-refractivity contribution in [3.05, 3.63) is 58.8 Å². The SMILES string of the molecule is N#C/C(=C/c1ccc(O)c(O)c1)S(=O)(=O)c1ccc(F)cc1. The molecule has 0 aromatic heterocycles. The number of nitrogens with zero attached hydrogens (tertiary/aromatic N) is 1. The van der Waals surface area contributed by atoms with Crippen LogP contribution in [0, 0.1) is 17.1 Å². The van der Waals surface area contributed by atoms with Gasteiger partial charge >= 0.3 is 0 Å². The van der Waals surface area contributed by atoms with Crippen molar-refractivity contribution in [3.63, 3.8) is 0 Å². The van der Waals surface area contributed by atoms with E-state index in [0.717, 1.165) is 36.4 Å². The van der Waals surface area contributed by atoms with Crippen LogP contribution in [0.15, 0.2) is 52.3 Å². The number of aromatic hydroxyl groups is 2. The summed E-state index contributed by atoms with van der Waals surface area (Å²) in [6.07, 6.45) is 1.05. The highest BCUT2D eigenvalue weighted by Crippen LogP contribution is 2.27. The molecule has 0 atom stereocenters. The second-order valence-corrected chi connectivity index (χ2v) is 6.24. The molecule has 0 aliphatic carbocycles. The van der Waals surface area contributed by atoms with E-state index in [0.29, 0.717) is 0 Å². The molecule has 0 fully saturated rings. The first-order valence-corrected chi connectivity index (χ1v) is 7.47. The molecule has 0 amide bonds. The van der Waals surface area contributed by atoms with Gasteiger partial charge in [0.2, 0.25) is 9.84 Å². The topological polar surface area (TPSA) is 98.4 Å². The van der Waals surface area contributed by atoms with E-state index in [2.05, 4.69) is 0 Å². The van der Waals surface area contributed by atoms with Crippen molar-refractivity contribution in [1.29, 1.82) is 5.26 Å². The highest BCUT2D eigenvalue weighted by atomic mass is 32.2. The third-order valence-corrected chi connectivity index (χ3v) is 4.50. The Morgan fingerprint density at radius 1 is 1.09 bits per heavy atom. The van der Waals surface area contributed by atoms with Crippen LogP contribution in [0.25, 0.3) is 6.08 Å². The molecule has 0 saturated heterocycles. The number of sulfone groups is 1. The van der Waals surface area contributed by atoms with Gasteiger partial charge in [0.1, 0.15) is 16.8 Å². The number of allylic oxidation sites excluding steroid dienone is 1. The number of hydrogen-bond acceptors (Lipinski definition) is 5. The van der Waals surface area contributed by atoms with E-state index in [-0.39, 0.29) is 16.2 Å². The average molecular weight is 319 g/mol. The maximum absolute atomic E-state index is 12.9. The standard InChI is InChI=1S/C15H10FNO4S/c16-11-2-4-12(5-3-11)22(20,21)13(9-17)7-10-1-6-14(18)15(19)8-10/h1-8,18-19H/b13-7-. The van der Waals surface area contributed by atoms with E-state index >= 15 is 0 Å². The molecule has 0 bridgehead atoms. The molecule has 2 aromatic rings. The molecule has 0 heterocycles. The number of phenols is 2. The van der Waals surface area contributed by atoms with Crippen LogP contribution < -0.4 is 0 Å². The molecule has 2 aromatic carbocycles. The Bertz CT molecular complexity index is 881. The molecular formula is C15H10FNO4S. The Kier molecular flexibility index (Phi) is 4.15. The van der Waals surface area contributed by atoms with Crippen LogP contribution in [0.2, 0.25) is 0 Å². The van der Waals surface area contributed by atoms with Crippen LogP contribution in [-0.2, 0) is 9.84 Å². The minimum atomic E-state index is -4.10. The molecule has 22 heavy (non-hydrogen) atoms. The summed E-state index contributed by atoms with van der Waals surface area (Å²) in [7, 11) is -4.10. The smallest absolute Gasteiger partial charge is 0.216 e. The largest absolute Gasteiger partial charge is 0.504 e. The fourth-order valence-electron chi connectivity index (χ4n) is 1.69. The molecule has 0 aliphatic rings. The first-order chi connectivity index (χ1) is 10.3. The summed E-state index contributed by atoms with van der Waals surface area (Å²) >= 11 is 0. The third-order valence-electron chi connectivity index (χ3n) is 2.82. The Balaban J connectivity index is 2.51. The van der Waals surface area contributed by atoms with E-state index in [1.807, 2.05) is 0 Å². The monoisotopic (exact) mass is 319 g/mol. The summed E-state index contributed by atoms with van der Waals surface area (Å²) < 4.78 is 37.5. The van der Waals surface area contributed by atoms with Gasteiger partial charge in [-0.15, -0.1) is 0 Å². The van der Waals surface area contributed by atoms with Gasteiger partial charge in [-0.05, 0) is 48.0 Å². The van der Waals surface area contributed by atoms with E-state index in [4.69, 9.17) is 5.26 Å². The van der Waals surface area contributed by atoms with Gasteiger partial charge in [-0.3, -0.25) is 0 Å². The highest BCUT2D eigenvalue weighted by Gasteiger charge is 2.21. The number of rotatable bonds is 3. The van der Waals surface area contributed by atoms with Crippen molar-refractivity contribution in [1.82, 2.24) is 0 Å². The number of nitriles is 1. The van der Waals surface area contributed by atoms with Crippen LogP contribution in [0.5, 0.6) is 11.5 Å². The molecule has 2 N–H and O–H groups in total. The van der Waals surface area contributed by atoms with Gasteiger partial charge in [-0.25, -0.2) is 12.8 Å². The van der Waals surface area contributed by atoms with Crippen LogP contribution in [0.4, 0.5) is 4.39 Å². The van der Waals surface area contributed by atoms with Gasteiger partial charge < -0.3 is 10.2 Å². The summed E-state index contributed by atoms with van der Waals surface area (Å²) in [6, 6.07) is 9.28. The molecule has 0 spiro atoms. The average Bonchev–Trinajstić information content (AvgIpc) is 2.48. The molecule has 0 unspecified atom stereocenters. The lowest BCUT2D eigenvalue weighted by molar-refractivity contribution is 0.403. The molecule has 2 rings (SSSR count). The Morgan fingerprint density at radius 3 is 2.27 bits per heavy atom. The van der Waals surface area contributed by atoms with Gasteiger partial charge in [0.15, 0.2) is 11.5 Å². The van der Waals surface area contributed by atoms with Crippen molar-refractivity contribution in [2.45, 2.75) is 4.90 Å². The fraction of sp³-hybridized carbons (Fsp3) is 0. The van der Waals surface area contributed by atoms with Gasteiger partial charge in [-0.2, -0.15) is 5.26 Å². The van der Waals surface area contributed by atoms with E-state index < -0.39 is 26.3 Å². The van der Waals surface area contributed by atoms with Gasteiger partial charge in [0, 0.05) is 0 Å². The van der Waals surface area contributed by atoms with Crippen LogP contribution in [0.1, 0.15) is 5.56 Å². The fourth-order valence-corrected chi connectivity index (χ4v) is 2.85. The van der Waals surface area contributed by atoms with E-state index in [9.17, 15) is 23.0 Å². The van der Waals surface area contributed by atoms with Crippen molar-refractivity contribution in [2.24, 2.45) is 0 Å². The molecule has 0 saturated carbocycles. The number of hydrogen-bond donors (Lipinski definition) is 2. The van der Waals surface area contributed by atoms with Crippen molar-refractivity contribution >= 4 is 15.9 Å². The number of benzene rings is 2. The summed E-state index contributed by atoms with van der Waals surface area (Å²) in [5.41, 5.74) is 0.220. The maximum Gasteiger partial charge on any atom is 0.216 e. The zero-order valence-corrected chi connectivity index (χ0v) is 11.9. The third kappa shape index (κ3) is 3.07. The second kappa shape index (κ2) is 5.87. The summed E-state index contributed by atoms with van der Waals surface area (Å²) in [4.78, 5) is -0.783. The first-order valence-electron chi connectivity index (χ1n) is 5.99. The van der Waals surface area contributed by atoms with Crippen LogP contribution in [-0.4, -0.2) is 18.6 Å². The summed E-state index contributed by atoms with van der Waals surface area (Å²) in [5.74, 6) is -1.40. The van der Waals surface area contributed by atoms with Crippen molar-refractivity contribution < 1.29 is 23.0 Å².